The van der Waals surface area contributed by atoms with Gasteiger partial charge in [0.1, 0.15) is 17.5 Å². The summed E-state index contributed by atoms with van der Waals surface area (Å²) in [6.45, 7) is 7.64. The SMILES string of the molecule is CCN1C(=O)c2nc(-c3ccc(-c4ccccc4)cc3)n(Cc3ccccc3F)c2N2C[C@@H](C(C)C)N=C12. The Morgan fingerprint density at radius 2 is 1.58 bits per heavy atom. The molecule has 0 saturated carbocycles. The van der Waals surface area contributed by atoms with Crippen molar-refractivity contribution in [3.63, 3.8) is 0 Å². The van der Waals surface area contributed by atoms with Gasteiger partial charge in [-0.2, -0.15) is 0 Å². The summed E-state index contributed by atoms with van der Waals surface area (Å²) >= 11 is 0. The van der Waals surface area contributed by atoms with Gasteiger partial charge in [-0.15, -0.1) is 0 Å². The minimum absolute atomic E-state index is 0.0585. The van der Waals surface area contributed by atoms with Crippen molar-refractivity contribution in [1.29, 1.82) is 0 Å². The van der Waals surface area contributed by atoms with Gasteiger partial charge in [0.2, 0.25) is 5.96 Å². The summed E-state index contributed by atoms with van der Waals surface area (Å²) < 4.78 is 16.9. The Labute approximate surface area is 222 Å². The lowest BCUT2D eigenvalue weighted by molar-refractivity contribution is 0.0841. The quantitative estimate of drug-likeness (QED) is 0.318. The monoisotopic (exact) mass is 507 g/mol. The summed E-state index contributed by atoms with van der Waals surface area (Å²) in [4.78, 5) is 27.3. The molecule has 1 aromatic heterocycles. The van der Waals surface area contributed by atoms with Crippen LogP contribution in [0.15, 0.2) is 83.9 Å². The third-order valence-electron chi connectivity index (χ3n) is 7.40. The van der Waals surface area contributed by atoms with Gasteiger partial charge < -0.3 is 4.57 Å². The second kappa shape index (κ2) is 9.56. The predicted octanol–water partition coefficient (Wildman–Crippen LogP) is 6.08. The first-order valence-corrected chi connectivity index (χ1v) is 13.1. The van der Waals surface area contributed by atoms with Gasteiger partial charge in [0.05, 0.1) is 19.1 Å². The van der Waals surface area contributed by atoms with E-state index < -0.39 is 0 Å². The normalized spacial score (nSPS) is 16.6. The number of hydrogen-bond donors (Lipinski definition) is 0. The molecule has 4 aromatic rings. The van der Waals surface area contributed by atoms with Crippen LogP contribution in [0.2, 0.25) is 0 Å². The molecule has 1 atom stereocenters. The van der Waals surface area contributed by atoms with E-state index in [1.807, 2.05) is 47.9 Å². The maximum Gasteiger partial charge on any atom is 0.283 e. The largest absolute Gasteiger partial charge is 0.305 e. The number of aromatic nitrogens is 2. The van der Waals surface area contributed by atoms with E-state index in [-0.39, 0.29) is 24.3 Å². The number of carbonyl (C=O) groups excluding carboxylic acids is 1. The van der Waals surface area contributed by atoms with Crippen molar-refractivity contribution in [3.8, 4) is 22.5 Å². The second-order valence-corrected chi connectivity index (χ2v) is 10.1. The molecule has 2 aliphatic heterocycles. The van der Waals surface area contributed by atoms with Crippen LogP contribution in [0.1, 0.15) is 36.8 Å². The molecule has 0 fully saturated rings. The van der Waals surface area contributed by atoms with Crippen molar-refractivity contribution in [2.45, 2.75) is 33.4 Å². The van der Waals surface area contributed by atoms with E-state index >= 15 is 0 Å². The van der Waals surface area contributed by atoms with Crippen molar-refractivity contribution in [1.82, 2.24) is 14.5 Å². The number of amides is 1. The summed E-state index contributed by atoms with van der Waals surface area (Å²) in [7, 11) is 0. The maximum atomic E-state index is 14.9. The Kier molecular flexibility index (Phi) is 6.06. The van der Waals surface area contributed by atoms with Gasteiger partial charge in [0.15, 0.2) is 5.69 Å². The number of imidazole rings is 1. The van der Waals surface area contributed by atoms with Crippen molar-refractivity contribution in [2.75, 3.05) is 18.0 Å². The third-order valence-corrected chi connectivity index (χ3v) is 7.40. The van der Waals surface area contributed by atoms with Gasteiger partial charge in [0.25, 0.3) is 5.91 Å². The Balaban J connectivity index is 1.51. The fourth-order valence-electron chi connectivity index (χ4n) is 5.26. The van der Waals surface area contributed by atoms with E-state index in [9.17, 15) is 9.18 Å². The predicted molar refractivity (Wildman–Crippen MR) is 149 cm³/mol. The number of nitrogens with zero attached hydrogens (tertiary/aromatic N) is 5. The first-order valence-electron chi connectivity index (χ1n) is 13.1. The van der Waals surface area contributed by atoms with E-state index in [2.05, 4.69) is 43.0 Å². The molecule has 6 nitrogen and oxygen atoms in total. The number of fused-ring (bicyclic) bond motifs is 3. The van der Waals surface area contributed by atoms with Crippen LogP contribution >= 0.6 is 0 Å². The molecule has 0 aliphatic carbocycles. The lowest BCUT2D eigenvalue weighted by Gasteiger charge is -2.33. The molecule has 0 saturated heterocycles. The van der Waals surface area contributed by atoms with Gasteiger partial charge in [-0.3, -0.25) is 14.6 Å². The molecule has 2 aliphatic rings. The molecule has 0 N–H and O–H groups in total. The highest BCUT2D eigenvalue weighted by atomic mass is 19.1. The second-order valence-electron chi connectivity index (χ2n) is 10.1. The molecule has 7 heteroatoms. The van der Waals surface area contributed by atoms with Crippen LogP contribution in [0.3, 0.4) is 0 Å². The summed E-state index contributed by atoms with van der Waals surface area (Å²) in [6, 6.07) is 25.2. The van der Waals surface area contributed by atoms with Crippen molar-refractivity contribution < 1.29 is 9.18 Å². The minimum Gasteiger partial charge on any atom is -0.305 e. The first kappa shape index (κ1) is 24.1. The topological polar surface area (TPSA) is 53.7 Å². The van der Waals surface area contributed by atoms with Crippen molar-refractivity contribution in [2.24, 2.45) is 10.9 Å². The fourth-order valence-corrected chi connectivity index (χ4v) is 5.26. The van der Waals surface area contributed by atoms with E-state index in [0.717, 1.165) is 16.7 Å². The Bertz CT molecular complexity index is 1520. The van der Waals surface area contributed by atoms with Gasteiger partial charge in [0, 0.05) is 17.7 Å². The zero-order valence-corrected chi connectivity index (χ0v) is 21.8. The molecule has 38 heavy (non-hydrogen) atoms. The average molecular weight is 508 g/mol. The van der Waals surface area contributed by atoms with Crippen LogP contribution in [0.4, 0.5) is 10.2 Å². The number of guanidine groups is 1. The molecule has 6 rings (SSSR count). The third kappa shape index (κ3) is 3.99. The zero-order valence-electron chi connectivity index (χ0n) is 21.8. The number of benzene rings is 3. The average Bonchev–Trinajstić information content (AvgIpc) is 3.54. The summed E-state index contributed by atoms with van der Waals surface area (Å²) in [5, 5.41) is 0. The van der Waals surface area contributed by atoms with Crippen LogP contribution < -0.4 is 4.90 Å². The highest BCUT2D eigenvalue weighted by Gasteiger charge is 2.44. The lowest BCUT2D eigenvalue weighted by atomic mass is 10.0. The van der Waals surface area contributed by atoms with Crippen molar-refractivity contribution in [3.05, 3.63) is 95.9 Å². The molecule has 3 aromatic carbocycles. The summed E-state index contributed by atoms with van der Waals surface area (Å²) in [6.07, 6.45) is 0. The Morgan fingerprint density at radius 1 is 0.921 bits per heavy atom. The number of anilines is 1. The molecule has 192 valence electrons. The molecular formula is C31H30FN5O. The minimum atomic E-state index is -0.284. The lowest BCUT2D eigenvalue weighted by Crippen LogP contribution is -2.50. The number of rotatable bonds is 6. The van der Waals surface area contributed by atoms with E-state index in [0.29, 0.717) is 47.9 Å². The molecule has 0 bridgehead atoms. The van der Waals surface area contributed by atoms with Gasteiger partial charge in [-0.1, -0.05) is 86.6 Å². The fraction of sp³-hybridized carbons (Fsp3) is 0.258. The molecule has 0 radical (unpaired) electrons. The van der Waals surface area contributed by atoms with Gasteiger partial charge in [-0.25, -0.2) is 14.4 Å². The maximum absolute atomic E-state index is 14.9. The van der Waals surface area contributed by atoms with Crippen LogP contribution in [-0.4, -0.2) is 45.4 Å². The van der Waals surface area contributed by atoms with Crippen molar-refractivity contribution >= 4 is 17.7 Å². The first-order chi connectivity index (χ1) is 18.5. The molecular weight excluding hydrogens is 477 g/mol. The van der Waals surface area contributed by atoms with Crippen LogP contribution in [0, 0.1) is 11.7 Å². The van der Waals surface area contributed by atoms with Crippen LogP contribution in [0.5, 0.6) is 0 Å². The Hall–Kier alpha value is -4.26. The summed E-state index contributed by atoms with van der Waals surface area (Å²) in [5.74, 6) is 1.84. The number of carbonyl (C=O) groups is 1. The van der Waals surface area contributed by atoms with E-state index in [4.69, 9.17) is 9.98 Å². The highest BCUT2D eigenvalue weighted by Crippen LogP contribution is 2.38. The Morgan fingerprint density at radius 3 is 2.26 bits per heavy atom. The van der Waals surface area contributed by atoms with E-state index in [1.165, 1.54) is 6.07 Å². The number of halogens is 1. The number of aliphatic imine (C=N–C) groups is 1. The van der Waals surface area contributed by atoms with Gasteiger partial charge >= 0.3 is 0 Å². The molecule has 1 amide bonds. The van der Waals surface area contributed by atoms with Crippen LogP contribution in [0.25, 0.3) is 22.5 Å². The van der Waals surface area contributed by atoms with Gasteiger partial charge in [-0.05, 0) is 30.0 Å². The van der Waals surface area contributed by atoms with E-state index in [1.54, 1.807) is 17.0 Å². The summed E-state index contributed by atoms with van der Waals surface area (Å²) in [5.41, 5.74) is 4.00. The van der Waals surface area contributed by atoms with Crippen LogP contribution in [-0.2, 0) is 6.54 Å². The molecule has 0 spiro atoms. The number of hydrogen-bond acceptors (Lipinski definition) is 4. The smallest absolute Gasteiger partial charge is 0.283 e. The zero-order chi connectivity index (χ0) is 26.4. The standard InChI is InChI=1S/C31H30FN5O/c1-4-35-30(38)27-29(37-19-26(20(2)3)33-31(35)37)36(18-24-12-8-9-13-25(24)32)28(34-27)23-16-14-22(15-17-23)21-10-6-5-7-11-21/h5-17,20,26H,4,18-19H2,1-3H3/t26-/m0/s1. The highest BCUT2D eigenvalue weighted by molar-refractivity contribution is 6.18. The molecule has 0 unspecified atom stereocenters. The molecule has 3 heterocycles.